The average Bonchev–Trinajstić information content (AvgIpc) is 2.77. The van der Waals surface area contributed by atoms with E-state index < -0.39 is 0 Å². The quantitative estimate of drug-likeness (QED) is 0.645. The number of benzene rings is 2. The normalized spacial score (nSPS) is 15.6. The molecule has 1 atom stereocenters. The lowest BCUT2D eigenvalue weighted by Crippen LogP contribution is -2.49. The minimum atomic E-state index is -0.110. The summed E-state index contributed by atoms with van der Waals surface area (Å²) in [5.74, 6) is 2.60. The SMILES string of the molecule is CC(C)CC(CNC(=O)COc1ccc(Oc2ccccc2)cc1)N1CCOCC1. The number of nitrogens with zero attached hydrogens (tertiary/aromatic N) is 1. The van der Waals surface area contributed by atoms with Crippen molar-refractivity contribution in [2.75, 3.05) is 39.5 Å². The van der Waals surface area contributed by atoms with Crippen LogP contribution in [0.2, 0.25) is 0 Å². The van der Waals surface area contributed by atoms with Crippen molar-refractivity contribution in [3.8, 4) is 17.2 Å². The highest BCUT2D eigenvalue weighted by Gasteiger charge is 2.22. The molecule has 0 aromatic heterocycles. The van der Waals surface area contributed by atoms with Gasteiger partial charge in [-0.25, -0.2) is 0 Å². The van der Waals surface area contributed by atoms with E-state index in [1.54, 1.807) is 12.1 Å². The Morgan fingerprint density at radius 2 is 1.63 bits per heavy atom. The third-order valence-electron chi connectivity index (χ3n) is 5.01. The van der Waals surface area contributed by atoms with Crippen molar-refractivity contribution in [3.05, 3.63) is 54.6 Å². The largest absolute Gasteiger partial charge is 0.484 e. The minimum absolute atomic E-state index is 0.00357. The summed E-state index contributed by atoms with van der Waals surface area (Å²) < 4.78 is 16.8. The maximum absolute atomic E-state index is 12.3. The predicted molar refractivity (Wildman–Crippen MR) is 117 cm³/mol. The molecule has 1 fully saturated rings. The molecule has 1 aliphatic rings. The van der Waals surface area contributed by atoms with Crippen LogP contribution in [0.25, 0.3) is 0 Å². The highest BCUT2D eigenvalue weighted by Crippen LogP contribution is 2.23. The number of nitrogens with one attached hydrogen (secondary N) is 1. The average molecular weight is 413 g/mol. The van der Waals surface area contributed by atoms with Crippen LogP contribution in [-0.2, 0) is 9.53 Å². The van der Waals surface area contributed by atoms with Crippen molar-refractivity contribution in [3.63, 3.8) is 0 Å². The summed E-state index contributed by atoms with van der Waals surface area (Å²) in [4.78, 5) is 14.7. The molecule has 1 unspecified atom stereocenters. The Balaban J connectivity index is 1.42. The minimum Gasteiger partial charge on any atom is -0.484 e. The van der Waals surface area contributed by atoms with Crippen LogP contribution in [0.15, 0.2) is 54.6 Å². The standard InChI is InChI=1S/C24H32N2O4/c1-19(2)16-20(26-12-14-28-15-13-26)17-25-24(27)18-29-21-8-10-23(11-9-21)30-22-6-4-3-5-7-22/h3-11,19-20H,12-18H2,1-2H3,(H,25,27). The fraction of sp³-hybridized carbons (Fsp3) is 0.458. The lowest BCUT2D eigenvalue weighted by Gasteiger charge is -2.35. The highest BCUT2D eigenvalue weighted by atomic mass is 16.5. The van der Waals surface area contributed by atoms with Crippen molar-refractivity contribution < 1.29 is 19.0 Å². The summed E-state index contributed by atoms with van der Waals surface area (Å²) >= 11 is 0. The number of carbonyl (C=O) groups excluding carboxylic acids is 1. The van der Waals surface area contributed by atoms with Crippen molar-refractivity contribution in [1.82, 2.24) is 10.2 Å². The van der Waals surface area contributed by atoms with Crippen LogP contribution < -0.4 is 14.8 Å². The molecule has 1 N–H and O–H groups in total. The van der Waals surface area contributed by atoms with Crippen molar-refractivity contribution in [2.45, 2.75) is 26.3 Å². The molecule has 2 aromatic carbocycles. The van der Waals surface area contributed by atoms with E-state index in [1.807, 2.05) is 42.5 Å². The van der Waals surface area contributed by atoms with Crippen LogP contribution >= 0.6 is 0 Å². The van der Waals surface area contributed by atoms with Gasteiger partial charge in [-0.3, -0.25) is 9.69 Å². The van der Waals surface area contributed by atoms with Gasteiger partial charge in [-0.15, -0.1) is 0 Å². The first-order valence-corrected chi connectivity index (χ1v) is 10.6. The van der Waals surface area contributed by atoms with Gasteiger partial charge in [-0.1, -0.05) is 32.0 Å². The third kappa shape index (κ3) is 7.35. The van der Waals surface area contributed by atoms with E-state index in [2.05, 4.69) is 24.1 Å². The van der Waals surface area contributed by atoms with Crippen LogP contribution in [0.1, 0.15) is 20.3 Å². The summed E-state index contributed by atoms with van der Waals surface area (Å²) in [6, 6.07) is 17.2. The van der Waals surface area contributed by atoms with Crippen molar-refractivity contribution in [1.29, 1.82) is 0 Å². The predicted octanol–water partition coefficient (Wildman–Crippen LogP) is 3.72. The van der Waals surface area contributed by atoms with Gasteiger partial charge in [-0.2, -0.15) is 0 Å². The van der Waals surface area contributed by atoms with E-state index in [4.69, 9.17) is 14.2 Å². The van der Waals surface area contributed by atoms with E-state index in [9.17, 15) is 4.79 Å². The molecule has 2 aromatic rings. The van der Waals surface area contributed by atoms with Crippen LogP contribution in [0.4, 0.5) is 0 Å². The molecule has 0 aliphatic carbocycles. The van der Waals surface area contributed by atoms with E-state index in [0.717, 1.165) is 44.2 Å². The van der Waals surface area contributed by atoms with Gasteiger partial charge in [-0.05, 0) is 48.7 Å². The molecule has 1 aliphatic heterocycles. The maximum Gasteiger partial charge on any atom is 0.257 e. The molecule has 0 spiro atoms. The van der Waals surface area contributed by atoms with Crippen molar-refractivity contribution >= 4 is 5.91 Å². The maximum atomic E-state index is 12.3. The van der Waals surface area contributed by atoms with Gasteiger partial charge in [0.2, 0.25) is 0 Å². The number of para-hydroxylation sites is 1. The van der Waals surface area contributed by atoms with E-state index in [0.29, 0.717) is 24.3 Å². The second kappa shape index (κ2) is 11.6. The van der Waals surface area contributed by atoms with Gasteiger partial charge in [0.1, 0.15) is 17.2 Å². The van der Waals surface area contributed by atoms with Gasteiger partial charge in [0.25, 0.3) is 5.91 Å². The Bertz CT molecular complexity index is 759. The number of ether oxygens (including phenoxy) is 3. The fourth-order valence-electron chi connectivity index (χ4n) is 3.51. The van der Waals surface area contributed by atoms with Gasteiger partial charge < -0.3 is 19.5 Å². The molecule has 6 heteroatoms. The third-order valence-corrected chi connectivity index (χ3v) is 5.01. The zero-order valence-corrected chi connectivity index (χ0v) is 17.9. The molecular formula is C24H32N2O4. The zero-order chi connectivity index (χ0) is 21.2. The van der Waals surface area contributed by atoms with Gasteiger partial charge in [0.15, 0.2) is 6.61 Å². The van der Waals surface area contributed by atoms with Gasteiger partial charge in [0.05, 0.1) is 13.2 Å². The zero-order valence-electron chi connectivity index (χ0n) is 17.9. The first-order valence-electron chi connectivity index (χ1n) is 10.6. The second-order valence-corrected chi connectivity index (χ2v) is 7.91. The van der Waals surface area contributed by atoms with Crippen LogP contribution in [-0.4, -0.2) is 56.3 Å². The Morgan fingerprint density at radius 1 is 1.00 bits per heavy atom. The Morgan fingerprint density at radius 3 is 2.30 bits per heavy atom. The molecule has 0 bridgehead atoms. The van der Waals surface area contributed by atoms with Crippen LogP contribution in [0, 0.1) is 5.92 Å². The van der Waals surface area contributed by atoms with Gasteiger partial charge in [0, 0.05) is 25.7 Å². The smallest absolute Gasteiger partial charge is 0.257 e. The fourth-order valence-corrected chi connectivity index (χ4v) is 3.51. The second-order valence-electron chi connectivity index (χ2n) is 7.91. The topological polar surface area (TPSA) is 60.0 Å². The number of amides is 1. The molecule has 0 saturated carbocycles. The van der Waals surface area contributed by atoms with Crippen LogP contribution in [0.3, 0.4) is 0 Å². The molecule has 1 heterocycles. The molecular weight excluding hydrogens is 380 g/mol. The number of carbonyl (C=O) groups is 1. The molecule has 3 rings (SSSR count). The Kier molecular flexibility index (Phi) is 8.53. The molecule has 0 radical (unpaired) electrons. The molecule has 162 valence electrons. The first kappa shape index (κ1) is 22.1. The number of hydrogen-bond donors (Lipinski definition) is 1. The molecule has 1 amide bonds. The summed E-state index contributed by atoms with van der Waals surface area (Å²) in [5.41, 5.74) is 0. The number of hydrogen-bond acceptors (Lipinski definition) is 5. The molecule has 1 saturated heterocycles. The number of rotatable bonds is 10. The molecule has 30 heavy (non-hydrogen) atoms. The first-order chi connectivity index (χ1) is 14.6. The summed E-state index contributed by atoms with van der Waals surface area (Å²) in [7, 11) is 0. The summed E-state index contributed by atoms with van der Waals surface area (Å²) in [5, 5.41) is 3.03. The summed E-state index contributed by atoms with van der Waals surface area (Å²) in [6.07, 6.45) is 1.05. The van der Waals surface area contributed by atoms with Gasteiger partial charge >= 0.3 is 0 Å². The summed E-state index contributed by atoms with van der Waals surface area (Å²) in [6.45, 7) is 8.40. The molecule has 6 nitrogen and oxygen atoms in total. The highest BCUT2D eigenvalue weighted by molar-refractivity contribution is 5.77. The Hall–Kier alpha value is -2.57. The number of morpholine rings is 1. The van der Waals surface area contributed by atoms with E-state index >= 15 is 0 Å². The Labute approximate surface area is 179 Å². The lowest BCUT2D eigenvalue weighted by atomic mass is 10.0. The van der Waals surface area contributed by atoms with E-state index in [-0.39, 0.29) is 12.5 Å². The lowest BCUT2D eigenvalue weighted by molar-refractivity contribution is -0.123. The van der Waals surface area contributed by atoms with Crippen LogP contribution in [0.5, 0.6) is 17.2 Å². The van der Waals surface area contributed by atoms with E-state index in [1.165, 1.54) is 0 Å². The monoisotopic (exact) mass is 412 g/mol. The van der Waals surface area contributed by atoms with Crippen molar-refractivity contribution in [2.24, 2.45) is 5.92 Å².